The highest BCUT2D eigenvalue weighted by atomic mass is 16.5. The topological polar surface area (TPSA) is 58.6 Å². The summed E-state index contributed by atoms with van der Waals surface area (Å²) in [6.45, 7) is 8.34. The number of aryl methyl sites for hydroxylation is 3. The van der Waals surface area contributed by atoms with Crippen molar-refractivity contribution in [2.75, 3.05) is 16.8 Å². The Balaban J connectivity index is 1.81. The molecule has 1 aliphatic rings. The number of imide groups is 1. The molecule has 0 fully saturated rings. The molecule has 5 heteroatoms. The number of anilines is 2. The lowest BCUT2D eigenvalue weighted by Crippen LogP contribution is -2.33. The fourth-order valence-electron chi connectivity index (χ4n) is 3.88. The number of hydrogen-bond donors (Lipinski definition) is 1. The highest BCUT2D eigenvalue weighted by molar-refractivity contribution is 6.46. The normalized spacial score (nSPS) is 13.7. The average Bonchev–Trinajstić information content (AvgIpc) is 2.99. The van der Waals surface area contributed by atoms with Gasteiger partial charge in [-0.05, 0) is 57.0 Å². The summed E-state index contributed by atoms with van der Waals surface area (Å²) >= 11 is 0. The molecule has 2 amide bonds. The van der Waals surface area contributed by atoms with E-state index in [9.17, 15) is 9.59 Å². The first-order valence-corrected chi connectivity index (χ1v) is 10.7. The summed E-state index contributed by atoms with van der Waals surface area (Å²) in [5.41, 5.74) is 5.61. The Kier molecular flexibility index (Phi) is 5.82. The van der Waals surface area contributed by atoms with Crippen LogP contribution in [0.25, 0.3) is 5.57 Å². The first-order valence-electron chi connectivity index (χ1n) is 10.7. The summed E-state index contributed by atoms with van der Waals surface area (Å²) in [6, 6.07) is 20.7. The van der Waals surface area contributed by atoms with Crippen LogP contribution in [-0.4, -0.2) is 18.4 Å². The van der Waals surface area contributed by atoms with E-state index in [4.69, 9.17) is 4.74 Å². The molecule has 3 aromatic carbocycles. The van der Waals surface area contributed by atoms with Gasteiger partial charge in [0.2, 0.25) is 0 Å². The quantitative estimate of drug-likeness (QED) is 0.536. The van der Waals surface area contributed by atoms with E-state index in [0.717, 1.165) is 16.7 Å². The Hall–Kier alpha value is -3.86. The fraction of sp³-hybridized carbons (Fsp3) is 0.185. The Morgan fingerprint density at radius 2 is 1.56 bits per heavy atom. The van der Waals surface area contributed by atoms with E-state index in [0.29, 0.717) is 34.9 Å². The van der Waals surface area contributed by atoms with Gasteiger partial charge in [-0.1, -0.05) is 53.6 Å². The number of nitrogens with one attached hydrogen (secondary N) is 1. The number of hydrogen-bond acceptors (Lipinski definition) is 4. The van der Waals surface area contributed by atoms with E-state index >= 15 is 0 Å². The monoisotopic (exact) mass is 426 g/mol. The molecular weight excluding hydrogens is 400 g/mol. The van der Waals surface area contributed by atoms with E-state index < -0.39 is 0 Å². The molecule has 0 unspecified atom stereocenters. The Morgan fingerprint density at radius 1 is 0.844 bits per heavy atom. The Bertz CT molecular complexity index is 1230. The van der Waals surface area contributed by atoms with Gasteiger partial charge in [0.05, 0.1) is 17.9 Å². The maximum absolute atomic E-state index is 13.6. The van der Waals surface area contributed by atoms with E-state index in [-0.39, 0.29) is 17.5 Å². The minimum absolute atomic E-state index is 0.257. The van der Waals surface area contributed by atoms with Gasteiger partial charge in [0.25, 0.3) is 11.8 Å². The highest BCUT2D eigenvalue weighted by Gasteiger charge is 2.40. The number of ether oxygens (including phenoxy) is 1. The molecule has 1 N–H and O–H groups in total. The van der Waals surface area contributed by atoms with Crippen molar-refractivity contribution in [2.45, 2.75) is 27.7 Å². The van der Waals surface area contributed by atoms with Crippen LogP contribution in [0.5, 0.6) is 5.75 Å². The number of carbonyl (C=O) groups is 2. The molecule has 1 heterocycles. The second-order valence-corrected chi connectivity index (χ2v) is 7.94. The van der Waals surface area contributed by atoms with Crippen LogP contribution in [0.4, 0.5) is 11.4 Å². The van der Waals surface area contributed by atoms with E-state index in [1.54, 1.807) is 0 Å². The Labute approximate surface area is 188 Å². The van der Waals surface area contributed by atoms with Crippen molar-refractivity contribution in [3.63, 3.8) is 0 Å². The molecule has 32 heavy (non-hydrogen) atoms. The summed E-state index contributed by atoms with van der Waals surface area (Å²) in [5, 5.41) is 3.20. The number of nitrogens with zero attached hydrogens (tertiary/aromatic N) is 1. The smallest absolute Gasteiger partial charge is 0.282 e. The molecule has 4 rings (SSSR count). The van der Waals surface area contributed by atoms with Gasteiger partial charge in [0, 0.05) is 11.8 Å². The molecule has 3 aromatic rings. The molecule has 0 aliphatic carbocycles. The first kappa shape index (κ1) is 21.4. The lowest BCUT2D eigenvalue weighted by Gasteiger charge is -2.18. The molecule has 0 radical (unpaired) electrons. The largest absolute Gasteiger partial charge is 0.494 e. The van der Waals surface area contributed by atoms with Gasteiger partial charge < -0.3 is 10.1 Å². The fourth-order valence-corrected chi connectivity index (χ4v) is 3.88. The molecule has 0 saturated carbocycles. The lowest BCUT2D eigenvalue weighted by atomic mass is 10.0. The van der Waals surface area contributed by atoms with Crippen LogP contribution in [0.2, 0.25) is 0 Å². The zero-order valence-electron chi connectivity index (χ0n) is 18.7. The predicted molar refractivity (Wildman–Crippen MR) is 128 cm³/mol. The molecule has 0 saturated heterocycles. The second kappa shape index (κ2) is 8.71. The zero-order valence-corrected chi connectivity index (χ0v) is 18.7. The maximum atomic E-state index is 13.6. The summed E-state index contributed by atoms with van der Waals surface area (Å²) < 4.78 is 5.58. The number of carbonyl (C=O) groups excluding carboxylic acids is 2. The van der Waals surface area contributed by atoms with Gasteiger partial charge in [-0.2, -0.15) is 0 Å². The van der Waals surface area contributed by atoms with Crippen molar-refractivity contribution in [2.24, 2.45) is 0 Å². The van der Waals surface area contributed by atoms with Gasteiger partial charge in [-0.3, -0.25) is 9.59 Å². The summed E-state index contributed by atoms with van der Waals surface area (Å²) in [6.07, 6.45) is 0. The summed E-state index contributed by atoms with van der Waals surface area (Å²) in [5.74, 6) is -0.0217. The van der Waals surface area contributed by atoms with Crippen LogP contribution in [0.3, 0.4) is 0 Å². The maximum Gasteiger partial charge on any atom is 0.282 e. The van der Waals surface area contributed by atoms with E-state index in [2.05, 4.69) is 5.32 Å². The van der Waals surface area contributed by atoms with Gasteiger partial charge in [-0.15, -0.1) is 0 Å². The van der Waals surface area contributed by atoms with Gasteiger partial charge in [0.15, 0.2) is 0 Å². The molecule has 0 aromatic heterocycles. The average molecular weight is 427 g/mol. The number of rotatable bonds is 6. The van der Waals surface area contributed by atoms with Gasteiger partial charge in [-0.25, -0.2) is 4.90 Å². The van der Waals surface area contributed by atoms with E-state index in [1.807, 2.05) is 94.4 Å². The van der Waals surface area contributed by atoms with Crippen molar-refractivity contribution >= 4 is 28.8 Å². The minimum atomic E-state index is -0.376. The van der Waals surface area contributed by atoms with Crippen molar-refractivity contribution < 1.29 is 14.3 Å². The third kappa shape index (κ3) is 4.02. The molecule has 162 valence electrons. The van der Waals surface area contributed by atoms with Crippen molar-refractivity contribution in [3.8, 4) is 5.75 Å². The van der Waals surface area contributed by atoms with Crippen LogP contribution < -0.4 is 15.0 Å². The first-order chi connectivity index (χ1) is 15.4. The standard InChI is InChI=1S/C27H26N2O3/c1-5-32-22-8-6-7-21(16-22)28-25-24(20-12-9-17(2)10-13-20)26(30)29(27(25)31)23-14-11-18(3)15-19(23)4/h6-16,28H,5H2,1-4H3. The zero-order chi connectivity index (χ0) is 22.8. The van der Waals surface area contributed by atoms with Crippen LogP contribution in [0.1, 0.15) is 29.2 Å². The van der Waals surface area contributed by atoms with E-state index in [1.165, 1.54) is 4.90 Å². The third-order valence-corrected chi connectivity index (χ3v) is 5.43. The molecule has 0 spiro atoms. The summed E-state index contributed by atoms with van der Waals surface area (Å²) in [7, 11) is 0. The van der Waals surface area contributed by atoms with Crippen molar-refractivity contribution in [1.29, 1.82) is 0 Å². The third-order valence-electron chi connectivity index (χ3n) is 5.43. The highest BCUT2D eigenvalue weighted by Crippen LogP contribution is 2.35. The number of amides is 2. The molecular formula is C27H26N2O3. The van der Waals surface area contributed by atoms with Crippen LogP contribution in [0, 0.1) is 20.8 Å². The number of benzene rings is 3. The molecule has 5 nitrogen and oxygen atoms in total. The van der Waals surface area contributed by atoms with Gasteiger partial charge >= 0.3 is 0 Å². The molecule has 1 aliphatic heterocycles. The second-order valence-electron chi connectivity index (χ2n) is 7.94. The summed E-state index contributed by atoms with van der Waals surface area (Å²) in [4.78, 5) is 28.4. The van der Waals surface area contributed by atoms with Crippen LogP contribution in [0.15, 0.2) is 72.4 Å². The minimum Gasteiger partial charge on any atom is -0.494 e. The van der Waals surface area contributed by atoms with Gasteiger partial charge in [0.1, 0.15) is 11.4 Å². The van der Waals surface area contributed by atoms with Crippen molar-refractivity contribution in [3.05, 3.63) is 94.7 Å². The molecule has 0 atom stereocenters. The lowest BCUT2D eigenvalue weighted by molar-refractivity contribution is -0.120. The van der Waals surface area contributed by atoms with Crippen LogP contribution >= 0.6 is 0 Å². The SMILES string of the molecule is CCOc1cccc(NC2=C(c3ccc(C)cc3)C(=O)N(c3ccc(C)cc3C)C2=O)c1. The predicted octanol–water partition coefficient (Wildman–Crippen LogP) is 5.41. The van der Waals surface area contributed by atoms with Crippen molar-refractivity contribution in [1.82, 2.24) is 0 Å². The Morgan fingerprint density at radius 3 is 2.25 bits per heavy atom. The van der Waals surface area contributed by atoms with Crippen LogP contribution in [-0.2, 0) is 9.59 Å². The molecule has 0 bridgehead atoms.